The van der Waals surface area contributed by atoms with Crippen molar-refractivity contribution in [3.05, 3.63) is 65.7 Å². The van der Waals surface area contributed by atoms with Gasteiger partial charge in [0.2, 0.25) is 11.7 Å². The summed E-state index contributed by atoms with van der Waals surface area (Å²) in [7, 11) is 7.60. The van der Waals surface area contributed by atoms with E-state index in [0.717, 1.165) is 11.1 Å². The lowest BCUT2D eigenvalue weighted by atomic mass is 10.0. The second kappa shape index (κ2) is 14.6. The predicted octanol–water partition coefficient (Wildman–Crippen LogP) is 3.50. The maximum absolute atomic E-state index is 13.0. The van der Waals surface area contributed by atoms with E-state index in [2.05, 4.69) is 5.32 Å². The van der Waals surface area contributed by atoms with Crippen LogP contribution in [0.1, 0.15) is 28.8 Å². The zero-order chi connectivity index (χ0) is 29.9. The molecule has 0 saturated heterocycles. The molecule has 1 amide bonds. The van der Waals surface area contributed by atoms with Crippen molar-refractivity contribution in [2.45, 2.75) is 25.4 Å². The molecule has 0 spiro atoms. The minimum absolute atomic E-state index is 0.0298. The Kier molecular flexibility index (Phi) is 10.9. The molecule has 0 saturated carbocycles. The molecule has 0 aliphatic heterocycles. The summed E-state index contributed by atoms with van der Waals surface area (Å²) in [5.41, 5.74) is 7.76. The zero-order valence-corrected chi connectivity index (χ0v) is 23.6. The summed E-state index contributed by atoms with van der Waals surface area (Å²) in [5.74, 6) is 0.279. The third kappa shape index (κ3) is 7.89. The van der Waals surface area contributed by atoms with Crippen molar-refractivity contribution in [1.29, 1.82) is 0 Å². The first-order valence-corrected chi connectivity index (χ1v) is 12.6. The van der Waals surface area contributed by atoms with Crippen molar-refractivity contribution in [1.82, 2.24) is 5.32 Å². The van der Waals surface area contributed by atoms with E-state index in [1.807, 2.05) is 6.07 Å². The molecule has 11 nitrogen and oxygen atoms in total. The van der Waals surface area contributed by atoms with Gasteiger partial charge in [0.05, 0.1) is 41.1 Å². The Morgan fingerprint density at radius 1 is 0.780 bits per heavy atom. The summed E-state index contributed by atoms with van der Waals surface area (Å²) < 4.78 is 31.9. The zero-order valence-electron chi connectivity index (χ0n) is 23.6. The quantitative estimate of drug-likeness (QED) is 0.220. The lowest BCUT2D eigenvalue weighted by Crippen LogP contribution is -2.39. The van der Waals surface area contributed by atoms with Gasteiger partial charge in [-0.25, -0.2) is 9.59 Å². The Balaban J connectivity index is 1.73. The Morgan fingerprint density at radius 3 is 1.95 bits per heavy atom. The molecule has 0 fully saturated rings. The van der Waals surface area contributed by atoms with Crippen molar-refractivity contribution >= 4 is 17.8 Å². The van der Waals surface area contributed by atoms with Gasteiger partial charge in [-0.2, -0.15) is 0 Å². The van der Waals surface area contributed by atoms with Gasteiger partial charge in [0.1, 0.15) is 17.5 Å². The molecule has 218 valence electrons. The average Bonchev–Trinajstić information content (AvgIpc) is 2.99. The normalized spacial score (nSPS) is 11.2. The van der Waals surface area contributed by atoms with E-state index in [1.54, 1.807) is 62.8 Å². The lowest BCUT2D eigenvalue weighted by Gasteiger charge is -2.18. The average molecular weight is 567 g/mol. The number of esters is 2. The Bertz CT molecular complexity index is 1350. The molecule has 0 aliphatic rings. The van der Waals surface area contributed by atoms with E-state index < -0.39 is 23.9 Å². The molecule has 0 unspecified atom stereocenters. The Morgan fingerprint density at radius 2 is 1.41 bits per heavy atom. The van der Waals surface area contributed by atoms with Crippen LogP contribution in [0, 0.1) is 0 Å². The van der Waals surface area contributed by atoms with Crippen LogP contribution < -0.4 is 34.7 Å². The van der Waals surface area contributed by atoms with Crippen LogP contribution in [0.5, 0.6) is 28.7 Å². The number of hydrogen-bond acceptors (Lipinski definition) is 10. The predicted molar refractivity (Wildman–Crippen MR) is 151 cm³/mol. The first-order valence-electron chi connectivity index (χ1n) is 12.6. The number of rotatable bonds is 14. The van der Waals surface area contributed by atoms with Crippen LogP contribution in [0.3, 0.4) is 0 Å². The van der Waals surface area contributed by atoms with E-state index in [4.69, 9.17) is 34.2 Å². The Hall–Kier alpha value is -4.77. The minimum atomic E-state index is -0.992. The molecule has 0 aromatic heterocycles. The maximum Gasteiger partial charge on any atom is 0.345 e. The van der Waals surface area contributed by atoms with Crippen LogP contribution in [0.4, 0.5) is 0 Å². The van der Waals surface area contributed by atoms with Crippen molar-refractivity contribution in [3.8, 4) is 39.9 Å². The molecule has 11 heteroatoms. The number of ether oxygens (including phenoxy) is 6. The van der Waals surface area contributed by atoms with Gasteiger partial charge >= 0.3 is 11.9 Å². The fourth-order valence-corrected chi connectivity index (χ4v) is 4.11. The smallest absolute Gasteiger partial charge is 0.345 e. The topological polar surface area (TPSA) is 145 Å². The van der Waals surface area contributed by atoms with Gasteiger partial charge < -0.3 is 39.5 Å². The highest BCUT2D eigenvalue weighted by atomic mass is 16.6. The number of primary amides is 1. The fraction of sp³-hybridized carbons (Fsp3) is 0.300. The number of methoxy groups -OCH3 is 5. The molecule has 3 N–H and O–H groups in total. The van der Waals surface area contributed by atoms with Gasteiger partial charge in [-0.05, 0) is 53.9 Å². The highest BCUT2D eigenvalue weighted by molar-refractivity contribution is 5.98. The van der Waals surface area contributed by atoms with Gasteiger partial charge in [0.25, 0.3) is 0 Å². The molecule has 3 aromatic rings. The Labute approximate surface area is 238 Å². The molecule has 41 heavy (non-hydrogen) atoms. The summed E-state index contributed by atoms with van der Waals surface area (Å²) >= 11 is 0. The van der Waals surface area contributed by atoms with Crippen molar-refractivity contribution in [2.24, 2.45) is 5.73 Å². The van der Waals surface area contributed by atoms with Crippen LogP contribution in [-0.4, -0.2) is 59.4 Å². The van der Waals surface area contributed by atoms with E-state index in [-0.39, 0.29) is 24.9 Å². The van der Waals surface area contributed by atoms with E-state index in [0.29, 0.717) is 34.3 Å². The number of hydrogen-bond donors (Lipinski definition) is 2. The molecule has 0 bridgehead atoms. The third-order valence-electron chi connectivity index (χ3n) is 6.27. The molecular formula is C30H34N2O9. The van der Waals surface area contributed by atoms with Gasteiger partial charge in [0.15, 0.2) is 11.5 Å². The van der Waals surface area contributed by atoms with Crippen LogP contribution in [0.15, 0.2) is 54.6 Å². The lowest BCUT2D eigenvalue weighted by molar-refractivity contribution is -0.140. The molecule has 3 aromatic carbocycles. The summed E-state index contributed by atoms with van der Waals surface area (Å²) in [6.07, 6.45) is -0.0589. The highest BCUT2D eigenvalue weighted by Gasteiger charge is 2.24. The number of nitrogens with one attached hydrogen (secondary N) is 1. The van der Waals surface area contributed by atoms with Crippen LogP contribution in [0.2, 0.25) is 0 Å². The summed E-state index contributed by atoms with van der Waals surface area (Å²) in [6, 6.07) is 14.4. The SMILES string of the molecule is COc1ccc(-c2ccc(C(=O)OC(=O)[C@H](CCC(N)=O)NCc3cc(OC)c(OC)c(OC)c3)cc2)c(OC)c1. The van der Waals surface area contributed by atoms with Crippen LogP contribution >= 0.6 is 0 Å². The van der Waals surface area contributed by atoms with Gasteiger partial charge in [-0.15, -0.1) is 0 Å². The standard InChI is InChI=1S/C30H34N2O9/c1-36-21-10-11-22(24(16-21)37-2)19-6-8-20(9-7-19)29(34)41-30(35)23(12-13-27(31)33)32-17-18-14-25(38-3)28(40-5)26(15-18)39-4/h6-11,14-16,23,32H,12-13,17H2,1-5H3,(H2,31,33)/t23-/m0/s1. The summed E-state index contributed by atoms with van der Waals surface area (Å²) in [5, 5.41) is 3.03. The third-order valence-corrected chi connectivity index (χ3v) is 6.27. The van der Waals surface area contributed by atoms with Gasteiger partial charge in [0, 0.05) is 24.6 Å². The molecule has 3 rings (SSSR count). The van der Waals surface area contributed by atoms with Gasteiger partial charge in [-0.3, -0.25) is 4.79 Å². The van der Waals surface area contributed by atoms with Crippen molar-refractivity contribution in [3.63, 3.8) is 0 Å². The number of amides is 1. The number of benzene rings is 3. The van der Waals surface area contributed by atoms with E-state index >= 15 is 0 Å². The molecule has 0 heterocycles. The molecule has 1 atom stereocenters. The van der Waals surface area contributed by atoms with Crippen LogP contribution in [0.25, 0.3) is 11.1 Å². The maximum atomic E-state index is 13.0. The number of carbonyl (C=O) groups is 3. The largest absolute Gasteiger partial charge is 0.497 e. The van der Waals surface area contributed by atoms with E-state index in [9.17, 15) is 14.4 Å². The van der Waals surface area contributed by atoms with Gasteiger partial charge in [-0.1, -0.05) is 12.1 Å². The van der Waals surface area contributed by atoms with Crippen LogP contribution in [-0.2, 0) is 20.9 Å². The molecule has 0 radical (unpaired) electrons. The van der Waals surface area contributed by atoms with E-state index in [1.165, 1.54) is 21.3 Å². The number of carbonyl (C=O) groups excluding carboxylic acids is 3. The molecular weight excluding hydrogens is 532 g/mol. The van der Waals surface area contributed by atoms with Crippen molar-refractivity contribution < 1.29 is 42.8 Å². The number of nitrogens with two attached hydrogens (primary N) is 1. The monoisotopic (exact) mass is 566 g/mol. The summed E-state index contributed by atoms with van der Waals surface area (Å²) in [6.45, 7) is 0.168. The molecule has 0 aliphatic carbocycles. The summed E-state index contributed by atoms with van der Waals surface area (Å²) in [4.78, 5) is 37.2. The minimum Gasteiger partial charge on any atom is -0.497 e. The second-order valence-corrected chi connectivity index (χ2v) is 8.82. The van der Waals surface area contributed by atoms with Crippen molar-refractivity contribution in [2.75, 3.05) is 35.5 Å². The fourth-order valence-electron chi connectivity index (χ4n) is 4.11. The first kappa shape index (κ1) is 30.8. The first-order chi connectivity index (χ1) is 19.7. The highest BCUT2D eigenvalue weighted by Crippen LogP contribution is 2.38. The second-order valence-electron chi connectivity index (χ2n) is 8.82.